The number of nitrogens with two attached hydrogens (primary N) is 1. The Labute approximate surface area is 125 Å². The molecule has 0 bridgehead atoms. The number of nitrogens with one attached hydrogen (secondary N) is 2. The molecule has 7 nitrogen and oxygen atoms in total. The number of thioether (sulfide) groups is 1. The van der Waals surface area contributed by atoms with Crippen molar-refractivity contribution < 1.29 is 14.4 Å². The third-order valence-electron chi connectivity index (χ3n) is 2.73. The van der Waals surface area contributed by atoms with Crippen LogP contribution >= 0.6 is 11.8 Å². The second kappa shape index (κ2) is 6.89. The number of benzene rings is 1. The maximum atomic E-state index is 11.8. The van der Waals surface area contributed by atoms with Crippen LogP contribution in [0.1, 0.15) is 12.0 Å². The minimum Gasteiger partial charge on any atom is -0.364 e. The lowest BCUT2D eigenvalue weighted by molar-refractivity contribution is -0.126. The highest BCUT2D eigenvalue weighted by Crippen LogP contribution is 2.20. The normalized spacial score (nSPS) is 17.6. The first kappa shape index (κ1) is 15.0. The molecule has 0 fully saturated rings. The maximum Gasteiger partial charge on any atom is 0.275 e. The van der Waals surface area contributed by atoms with E-state index in [2.05, 4.69) is 15.8 Å². The summed E-state index contributed by atoms with van der Waals surface area (Å²) in [6.45, 7) is 0.384. The van der Waals surface area contributed by atoms with Crippen molar-refractivity contribution in [3.63, 3.8) is 0 Å². The number of amides is 3. The van der Waals surface area contributed by atoms with E-state index in [1.54, 1.807) is 0 Å². The first-order valence-electron chi connectivity index (χ1n) is 6.21. The van der Waals surface area contributed by atoms with Crippen LogP contribution in [0.15, 0.2) is 35.4 Å². The highest BCUT2D eigenvalue weighted by Gasteiger charge is 2.30. The lowest BCUT2D eigenvalue weighted by Crippen LogP contribution is -2.41. The van der Waals surface area contributed by atoms with Crippen molar-refractivity contribution in [2.24, 2.45) is 10.8 Å². The van der Waals surface area contributed by atoms with Gasteiger partial charge < -0.3 is 11.1 Å². The molecule has 1 heterocycles. The maximum absolute atomic E-state index is 11.8. The second-order valence-corrected chi connectivity index (χ2v) is 5.52. The van der Waals surface area contributed by atoms with Gasteiger partial charge in [-0.3, -0.25) is 14.4 Å². The van der Waals surface area contributed by atoms with Gasteiger partial charge in [0.1, 0.15) is 5.25 Å². The summed E-state index contributed by atoms with van der Waals surface area (Å²) < 4.78 is 0. The van der Waals surface area contributed by atoms with E-state index in [9.17, 15) is 14.4 Å². The molecule has 0 spiro atoms. The van der Waals surface area contributed by atoms with Gasteiger partial charge >= 0.3 is 0 Å². The predicted octanol–water partition coefficient (Wildman–Crippen LogP) is -0.277. The Morgan fingerprint density at radius 2 is 2.05 bits per heavy atom. The molecule has 1 aliphatic rings. The van der Waals surface area contributed by atoms with Gasteiger partial charge in [-0.15, -0.1) is 0 Å². The first-order valence-corrected chi connectivity index (χ1v) is 7.09. The Balaban J connectivity index is 1.86. The van der Waals surface area contributed by atoms with Crippen molar-refractivity contribution in [3.05, 3.63) is 35.9 Å². The molecular weight excluding hydrogens is 292 g/mol. The molecule has 110 valence electrons. The third-order valence-corrected chi connectivity index (χ3v) is 3.91. The van der Waals surface area contributed by atoms with Crippen LogP contribution in [0.2, 0.25) is 0 Å². The van der Waals surface area contributed by atoms with Crippen molar-refractivity contribution in [1.29, 1.82) is 0 Å². The molecular formula is C13H14N4O3S. The molecule has 21 heavy (non-hydrogen) atoms. The Morgan fingerprint density at radius 3 is 2.71 bits per heavy atom. The van der Waals surface area contributed by atoms with Gasteiger partial charge in [-0.05, 0) is 5.56 Å². The number of hydrazone groups is 1. The molecule has 4 N–H and O–H groups in total. The quantitative estimate of drug-likeness (QED) is 0.694. The molecule has 1 aromatic rings. The van der Waals surface area contributed by atoms with Crippen LogP contribution in [-0.4, -0.2) is 28.0 Å². The Kier molecular flexibility index (Phi) is 4.94. The summed E-state index contributed by atoms with van der Waals surface area (Å²) in [5.41, 5.74) is 8.25. The summed E-state index contributed by atoms with van der Waals surface area (Å²) in [4.78, 5) is 34.5. The van der Waals surface area contributed by atoms with Gasteiger partial charge in [0, 0.05) is 13.0 Å². The Morgan fingerprint density at radius 1 is 1.33 bits per heavy atom. The summed E-state index contributed by atoms with van der Waals surface area (Å²) >= 11 is 0.900. The minimum atomic E-state index is -0.727. The number of primary amides is 1. The van der Waals surface area contributed by atoms with Gasteiger partial charge in [0.2, 0.25) is 5.91 Å². The van der Waals surface area contributed by atoms with Crippen LogP contribution in [0.3, 0.4) is 0 Å². The van der Waals surface area contributed by atoms with Crippen LogP contribution in [0.5, 0.6) is 0 Å². The molecule has 0 saturated heterocycles. The molecule has 2 rings (SSSR count). The molecule has 0 aliphatic carbocycles. The van der Waals surface area contributed by atoms with Gasteiger partial charge in [-0.25, -0.2) is 5.43 Å². The van der Waals surface area contributed by atoms with E-state index in [4.69, 9.17) is 5.73 Å². The minimum absolute atomic E-state index is 0.00420. The molecule has 8 heteroatoms. The zero-order valence-corrected chi connectivity index (χ0v) is 11.9. The molecule has 1 aliphatic heterocycles. The summed E-state index contributed by atoms with van der Waals surface area (Å²) in [5.74, 6) is -1.42. The van der Waals surface area contributed by atoms with Crippen molar-refractivity contribution in [1.82, 2.24) is 10.7 Å². The van der Waals surface area contributed by atoms with Crippen LogP contribution in [0.25, 0.3) is 0 Å². The fourth-order valence-corrected chi connectivity index (χ4v) is 2.56. The topological polar surface area (TPSA) is 114 Å². The first-order chi connectivity index (χ1) is 10.1. The summed E-state index contributed by atoms with van der Waals surface area (Å²) in [6.07, 6.45) is -0.0460. The van der Waals surface area contributed by atoms with E-state index in [0.717, 1.165) is 17.3 Å². The van der Waals surface area contributed by atoms with Crippen molar-refractivity contribution in [2.45, 2.75) is 18.2 Å². The average molecular weight is 306 g/mol. The van der Waals surface area contributed by atoms with E-state index >= 15 is 0 Å². The summed E-state index contributed by atoms with van der Waals surface area (Å²) in [7, 11) is 0. The predicted molar refractivity (Wildman–Crippen MR) is 79.1 cm³/mol. The van der Waals surface area contributed by atoms with E-state index in [1.165, 1.54) is 0 Å². The number of hydrogen-bond acceptors (Lipinski definition) is 5. The summed E-state index contributed by atoms with van der Waals surface area (Å²) in [6, 6.07) is 9.42. The number of nitrogens with zero attached hydrogens (tertiary/aromatic N) is 1. The Bertz CT molecular complexity index is 588. The fourth-order valence-electron chi connectivity index (χ4n) is 1.68. The lowest BCUT2D eigenvalue weighted by atomic mass is 10.2. The Hall–Kier alpha value is -2.35. The van der Waals surface area contributed by atoms with Crippen LogP contribution < -0.4 is 16.5 Å². The van der Waals surface area contributed by atoms with Gasteiger partial charge in [0.25, 0.3) is 11.8 Å². The highest BCUT2D eigenvalue weighted by atomic mass is 32.2. The van der Waals surface area contributed by atoms with Gasteiger partial charge in [0.15, 0.2) is 5.04 Å². The molecule has 1 atom stereocenters. The molecule has 0 aromatic heterocycles. The fraction of sp³-hybridized carbons (Fsp3) is 0.231. The van der Waals surface area contributed by atoms with Crippen LogP contribution in [-0.2, 0) is 20.9 Å². The highest BCUT2D eigenvalue weighted by molar-refractivity contribution is 8.16. The molecule has 0 radical (unpaired) electrons. The lowest BCUT2D eigenvalue weighted by Gasteiger charge is -2.18. The van der Waals surface area contributed by atoms with Crippen LogP contribution in [0.4, 0.5) is 0 Å². The third kappa shape index (κ3) is 4.32. The van der Waals surface area contributed by atoms with E-state index in [-0.39, 0.29) is 17.4 Å². The van der Waals surface area contributed by atoms with E-state index < -0.39 is 17.1 Å². The molecule has 0 saturated carbocycles. The van der Waals surface area contributed by atoms with Gasteiger partial charge in [-0.2, -0.15) is 5.10 Å². The van der Waals surface area contributed by atoms with E-state index in [0.29, 0.717) is 6.54 Å². The number of rotatable bonds is 5. The molecule has 3 amide bonds. The smallest absolute Gasteiger partial charge is 0.275 e. The van der Waals surface area contributed by atoms with Crippen LogP contribution in [0, 0.1) is 0 Å². The summed E-state index contributed by atoms with van der Waals surface area (Å²) in [5, 5.41) is 5.55. The second-order valence-electron chi connectivity index (χ2n) is 4.33. The standard InChI is InChI=1S/C13H14N4O3S/c14-11(19)13-17-16-12(20)9(21-13)6-10(18)15-7-8-4-2-1-3-5-8/h1-5,9H,6-7H2,(H2,14,19)(H,15,18)(H,16,20). The van der Waals surface area contributed by atoms with E-state index in [1.807, 2.05) is 30.3 Å². The molecule has 1 unspecified atom stereocenters. The largest absolute Gasteiger partial charge is 0.364 e. The van der Waals surface area contributed by atoms with Crippen molar-refractivity contribution >= 4 is 34.5 Å². The zero-order chi connectivity index (χ0) is 15.2. The van der Waals surface area contributed by atoms with Gasteiger partial charge in [-0.1, -0.05) is 42.1 Å². The van der Waals surface area contributed by atoms with Crippen molar-refractivity contribution in [3.8, 4) is 0 Å². The number of hydrogen-bond donors (Lipinski definition) is 3. The van der Waals surface area contributed by atoms with Gasteiger partial charge in [0.05, 0.1) is 0 Å². The number of carbonyl (C=O) groups excluding carboxylic acids is 3. The average Bonchev–Trinajstić information content (AvgIpc) is 2.48. The monoisotopic (exact) mass is 306 g/mol. The zero-order valence-electron chi connectivity index (χ0n) is 11.0. The SMILES string of the molecule is NC(=O)C1=NNC(=O)C(CC(=O)NCc2ccccc2)S1. The van der Waals surface area contributed by atoms with Crippen molar-refractivity contribution in [2.75, 3.05) is 0 Å². The molecule has 1 aromatic carbocycles. The number of carbonyl (C=O) groups is 3.